The molecule has 1 aromatic heterocycles. The summed E-state index contributed by atoms with van der Waals surface area (Å²) < 4.78 is 0.731. The highest BCUT2D eigenvalue weighted by atomic mass is 35.5. The molecule has 4 heteroatoms. The average molecular weight is 260 g/mol. The Morgan fingerprint density at radius 1 is 1.44 bits per heavy atom. The molecule has 0 aromatic carbocycles. The van der Waals surface area contributed by atoms with Crippen molar-refractivity contribution in [3.63, 3.8) is 0 Å². The third-order valence-electron chi connectivity index (χ3n) is 3.30. The molecule has 0 unspecified atom stereocenters. The highest BCUT2D eigenvalue weighted by Gasteiger charge is 2.32. The van der Waals surface area contributed by atoms with Crippen molar-refractivity contribution in [1.29, 1.82) is 0 Å². The van der Waals surface area contributed by atoms with Crippen molar-refractivity contribution in [2.75, 3.05) is 6.54 Å². The minimum atomic E-state index is -0.351. The Labute approximate surface area is 106 Å². The zero-order valence-corrected chi connectivity index (χ0v) is 11.3. The van der Waals surface area contributed by atoms with Gasteiger partial charge in [-0.1, -0.05) is 25.4 Å². The summed E-state index contributed by atoms with van der Waals surface area (Å²) in [5.74, 6) is 0.235. The third-order valence-corrected chi connectivity index (χ3v) is 4.53. The van der Waals surface area contributed by atoms with E-state index in [9.17, 15) is 4.79 Å². The molecule has 0 saturated heterocycles. The molecule has 0 fully saturated rings. The van der Waals surface area contributed by atoms with Crippen LogP contribution in [0, 0.1) is 5.41 Å². The Kier molecular flexibility index (Phi) is 4.96. The minimum absolute atomic E-state index is 0.235. The molecule has 16 heavy (non-hydrogen) atoms. The van der Waals surface area contributed by atoms with Gasteiger partial charge in [0, 0.05) is 23.3 Å². The quantitative estimate of drug-likeness (QED) is 0.852. The van der Waals surface area contributed by atoms with Gasteiger partial charge in [0.25, 0.3) is 0 Å². The van der Waals surface area contributed by atoms with Gasteiger partial charge in [0.15, 0.2) is 0 Å². The molecule has 90 valence electrons. The van der Waals surface area contributed by atoms with Gasteiger partial charge in [0.2, 0.25) is 0 Å². The van der Waals surface area contributed by atoms with Gasteiger partial charge in [-0.15, -0.1) is 11.3 Å². The van der Waals surface area contributed by atoms with Crippen LogP contribution >= 0.6 is 22.9 Å². The van der Waals surface area contributed by atoms with Gasteiger partial charge in [0.1, 0.15) is 5.78 Å². The van der Waals surface area contributed by atoms with Gasteiger partial charge in [-0.3, -0.25) is 4.79 Å². The molecule has 0 radical (unpaired) electrons. The van der Waals surface area contributed by atoms with Crippen molar-refractivity contribution in [2.24, 2.45) is 11.1 Å². The average Bonchev–Trinajstić information content (AvgIpc) is 2.67. The molecule has 1 aromatic rings. The first kappa shape index (κ1) is 13.7. The molecule has 0 aliphatic carbocycles. The van der Waals surface area contributed by atoms with Crippen molar-refractivity contribution in [3.05, 3.63) is 21.3 Å². The number of halogens is 1. The number of hydrogen-bond donors (Lipinski definition) is 1. The molecule has 0 atom stereocenters. The number of ketones is 1. The Morgan fingerprint density at radius 2 is 2.06 bits per heavy atom. The second kappa shape index (κ2) is 5.80. The lowest BCUT2D eigenvalue weighted by Gasteiger charge is -2.28. The van der Waals surface area contributed by atoms with E-state index in [4.69, 9.17) is 17.3 Å². The van der Waals surface area contributed by atoms with E-state index in [1.165, 1.54) is 11.3 Å². The maximum Gasteiger partial charge on any atom is 0.145 e. The molecule has 0 amide bonds. The zero-order valence-electron chi connectivity index (χ0n) is 9.75. The summed E-state index contributed by atoms with van der Waals surface area (Å²) >= 11 is 7.31. The zero-order chi connectivity index (χ0) is 12.2. The van der Waals surface area contributed by atoms with E-state index in [1.807, 2.05) is 26.0 Å². The Morgan fingerprint density at radius 3 is 2.44 bits per heavy atom. The molecule has 0 spiro atoms. The molecule has 0 saturated carbocycles. The standard InChI is InChI=1S/C12H18ClNOS/c1-3-12(4-2,8-14)10(15)7-9-5-6-11(13)16-9/h5-6H,3-4,7-8,14H2,1-2H3. The van der Waals surface area contributed by atoms with Crippen LogP contribution in [-0.4, -0.2) is 12.3 Å². The van der Waals surface area contributed by atoms with Crippen LogP contribution in [-0.2, 0) is 11.2 Å². The first-order chi connectivity index (χ1) is 7.57. The lowest BCUT2D eigenvalue weighted by Crippen LogP contribution is -2.38. The predicted molar refractivity (Wildman–Crippen MR) is 70.1 cm³/mol. The normalized spacial score (nSPS) is 11.8. The fourth-order valence-corrected chi connectivity index (χ4v) is 2.93. The SMILES string of the molecule is CCC(CC)(CN)C(=O)Cc1ccc(Cl)s1. The highest BCUT2D eigenvalue weighted by molar-refractivity contribution is 7.16. The number of carbonyl (C=O) groups is 1. The lowest BCUT2D eigenvalue weighted by molar-refractivity contribution is -0.128. The first-order valence-electron chi connectivity index (χ1n) is 5.55. The van der Waals surface area contributed by atoms with E-state index in [0.29, 0.717) is 13.0 Å². The molecule has 1 rings (SSSR count). The van der Waals surface area contributed by atoms with Crippen LogP contribution in [0.2, 0.25) is 4.34 Å². The maximum atomic E-state index is 12.2. The predicted octanol–water partition coefficient (Wildman–Crippen LogP) is 3.28. The largest absolute Gasteiger partial charge is 0.329 e. The molecular weight excluding hydrogens is 242 g/mol. The van der Waals surface area contributed by atoms with E-state index in [1.54, 1.807) is 0 Å². The molecule has 2 nitrogen and oxygen atoms in total. The Balaban J connectivity index is 2.77. The lowest BCUT2D eigenvalue weighted by atomic mass is 9.77. The fourth-order valence-electron chi connectivity index (χ4n) is 1.84. The molecule has 0 aliphatic heterocycles. The maximum absolute atomic E-state index is 12.2. The van der Waals surface area contributed by atoms with Crippen molar-refractivity contribution in [3.8, 4) is 0 Å². The minimum Gasteiger partial charge on any atom is -0.329 e. The number of carbonyl (C=O) groups excluding carboxylic acids is 1. The number of hydrogen-bond acceptors (Lipinski definition) is 3. The van der Waals surface area contributed by atoms with Crippen LogP contribution in [0.4, 0.5) is 0 Å². The van der Waals surface area contributed by atoms with Crippen LogP contribution in [0.5, 0.6) is 0 Å². The molecule has 1 heterocycles. The van der Waals surface area contributed by atoms with E-state index < -0.39 is 0 Å². The van der Waals surface area contributed by atoms with Gasteiger partial charge in [-0.05, 0) is 25.0 Å². The second-order valence-electron chi connectivity index (χ2n) is 4.00. The van der Waals surface area contributed by atoms with Crippen LogP contribution < -0.4 is 5.73 Å². The van der Waals surface area contributed by atoms with Gasteiger partial charge >= 0.3 is 0 Å². The van der Waals surface area contributed by atoms with Crippen LogP contribution in [0.1, 0.15) is 31.6 Å². The van der Waals surface area contributed by atoms with E-state index in [-0.39, 0.29) is 11.2 Å². The van der Waals surface area contributed by atoms with Gasteiger partial charge in [-0.25, -0.2) is 0 Å². The fraction of sp³-hybridized carbons (Fsp3) is 0.583. The van der Waals surface area contributed by atoms with Gasteiger partial charge < -0.3 is 5.73 Å². The second-order valence-corrected chi connectivity index (χ2v) is 5.80. The molecule has 0 bridgehead atoms. The number of rotatable bonds is 6. The topological polar surface area (TPSA) is 43.1 Å². The van der Waals surface area contributed by atoms with Crippen molar-refractivity contribution in [2.45, 2.75) is 33.1 Å². The molecule has 2 N–H and O–H groups in total. The summed E-state index contributed by atoms with van der Waals surface area (Å²) in [5, 5.41) is 0. The summed E-state index contributed by atoms with van der Waals surface area (Å²) in [4.78, 5) is 13.2. The van der Waals surface area contributed by atoms with Gasteiger partial charge in [-0.2, -0.15) is 0 Å². The van der Waals surface area contributed by atoms with E-state index in [0.717, 1.165) is 22.1 Å². The highest BCUT2D eigenvalue weighted by Crippen LogP contribution is 2.30. The summed E-state index contributed by atoms with van der Waals surface area (Å²) in [6.07, 6.45) is 2.06. The monoisotopic (exact) mass is 259 g/mol. The summed E-state index contributed by atoms with van der Waals surface area (Å²) in [6, 6.07) is 3.74. The molecular formula is C12H18ClNOS. The summed E-state index contributed by atoms with van der Waals surface area (Å²) in [6.45, 7) is 4.48. The van der Waals surface area contributed by atoms with Crippen LogP contribution in [0.3, 0.4) is 0 Å². The molecule has 0 aliphatic rings. The Hall–Kier alpha value is -0.380. The number of nitrogens with two attached hydrogens (primary N) is 1. The number of thiophene rings is 1. The van der Waals surface area contributed by atoms with E-state index >= 15 is 0 Å². The van der Waals surface area contributed by atoms with Crippen molar-refractivity contribution < 1.29 is 4.79 Å². The van der Waals surface area contributed by atoms with Crippen molar-refractivity contribution in [1.82, 2.24) is 0 Å². The van der Waals surface area contributed by atoms with E-state index in [2.05, 4.69) is 0 Å². The Bertz CT molecular complexity index is 349. The van der Waals surface area contributed by atoms with Crippen LogP contribution in [0.15, 0.2) is 12.1 Å². The number of Topliss-reactive ketones (excluding diaryl/α,β-unsaturated/α-hetero) is 1. The summed E-state index contributed by atoms with van der Waals surface area (Å²) in [5.41, 5.74) is 5.39. The van der Waals surface area contributed by atoms with Crippen LogP contribution in [0.25, 0.3) is 0 Å². The first-order valence-corrected chi connectivity index (χ1v) is 6.75. The smallest absolute Gasteiger partial charge is 0.145 e. The third kappa shape index (κ3) is 2.84. The van der Waals surface area contributed by atoms with Crippen molar-refractivity contribution >= 4 is 28.7 Å². The van der Waals surface area contributed by atoms with Gasteiger partial charge in [0.05, 0.1) is 4.34 Å². The summed E-state index contributed by atoms with van der Waals surface area (Å²) in [7, 11) is 0.